The molecule has 0 radical (unpaired) electrons. The quantitative estimate of drug-likeness (QED) is 0.0592. The first-order chi connectivity index (χ1) is 23.8. The Labute approximate surface area is 289 Å². The molecule has 0 unspecified atom stereocenters. The molecule has 48 heavy (non-hydrogen) atoms. The fourth-order valence-corrected chi connectivity index (χ4v) is 6.46. The molecule has 0 bridgehead atoms. The summed E-state index contributed by atoms with van der Waals surface area (Å²) in [5, 5.41) is 0. The first-order valence-electron chi connectivity index (χ1n) is 18.7. The molecule has 1 aromatic carbocycles. The van der Waals surface area contributed by atoms with Gasteiger partial charge < -0.3 is 0 Å². The number of benzene rings is 1. The summed E-state index contributed by atoms with van der Waals surface area (Å²) in [4.78, 5) is 14.0. The molecule has 0 N–H and O–H groups in total. The third kappa shape index (κ3) is 11.8. The van der Waals surface area contributed by atoms with Gasteiger partial charge in [-0.3, -0.25) is 9.97 Å². The van der Waals surface area contributed by atoms with Crippen molar-refractivity contribution in [3.05, 3.63) is 121 Å². The lowest BCUT2D eigenvalue weighted by Crippen LogP contribution is -2.33. The number of aryl methyl sites for hydroxylation is 1. The molecule has 0 fully saturated rings. The second-order valence-electron chi connectivity index (χ2n) is 13.3. The molecule has 4 nitrogen and oxygen atoms in total. The Bertz CT molecular complexity index is 1520. The fourth-order valence-electron chi connectivity index (χ4n) is 6.46. The first kappa shape index (κ1) is 35.1. The largest absolute Gasteiger partial charge is 0.255 e. The summed E-state index contributed by atoms with van der Waals surface area (Å²) in [7, 11) is 0. The van der Waals surface area contributed by atoms with Crippen molar-refractivity contribution in [2.45, 2.75) is 116 Å². The van der Waals surface area contributed by atoms with Gasteiger partial charge in [-0.05, 0) is 65.9 Å². The van der Waals surface area contributed by atoms with E-state index in [4.69, 9.17) is 4.98 Å². The van der Waals surface area contributed by atoms with E-state index in [1.807, 2.05) is 48.8 Å². The van der Waals surface area contributed by atoms with Crippen molar-refractivity contribution >= 4 is 0 Å². The predicted molar refractivity (Wildman–Crippen MR) is 201 cm³/mol. The summed E-state index contributed by atoms with van der Waals surface area (Å²) < 4.78 is 2.27. The highest BCUT2D eigenvalue weighted by Gasteiger charge is 2.11. The third-order valence-electron chi connectivity index (χ3n) is 9.36. The standard InChI is InChI=1S/C44H55N4/c1-2-3-4-5-6-7-8-9-10-11-12-13-14-15-16-21-37-28-32-48(33-29-37)36-38-24-26-39(27-25-38)40-34-43(41-22-17-19-30-45-41)47-44(35-40)42-23-18-20-31-46-42/h17-20,22-35H,2-16,21,36H2,1H3/q+1. The van der Waals surface area contributed by atoms with Gasteiger partial charge in [-0.15, -0.1) is 0 Å². The molecular weight excluding hydrogens is 585 g/mol. The zero-order chi connectivity index (χ0) is 33.1. The molecule has 0 saturated heterocycles. The molecule has 0 aliphatic rings. The van der Waals surface area contributed by atoms with Crippen molar-refractivity contribution in [3.8, 4) is 33.9 Å². The molecule has 4 heteroatoms. The fraction of sp³-hybridized carbons (Fsp3) is 0.409. The predicted octanol–water partition coefficient (Wildman–Crippen LogP) is 11.6. The van der Waals surface area contributed by atoms with Crippen molar-refractivity contribution in [2.24, 2.45) is 0 Å². The maximum Gasteiger partial charge on any atom is 0.173 e. The molecule has 0 aliphatic carbocycles. The van der Waals surface area contributed by atoms with Crippen LogP contribution in [0, 0.1) is 0 Å². The molecule has 0 saturated carbocycles. The number of hydrogen-bond acceptors (Lipinski definition) is 3. The highest BCUT2D eigenvalue weighted by atomic mass is 14.9. The van der Waals surface area contributed by atoms with E-state index in [-0.39, 0.29) is 0 Å². The van der Waals surface area contributed by atoms with E-state index in [2.05, 4.69) is 82.4 Å². The van der Waals surface area contributed by atoms with E-state index in [1.54, 1.807) is 0 Å². The van der Waals surface area contributed by atoms with Gasteiger partial charge in [0.25, 0.3) is 0 Å². The lowest BCUT2D eigenvalue weighted by Gasteiger charge is -2.10. The van der Waals surface area contributed by atoms with Gasteiger partial charge in [0.1, 0.15) is 0 Å². The van der Waals surface area contributed by atoms with Crippen molar-refractivity contribution < 1.29 is 4.57 Å². The smallest absolute Gasteiger partial charge is 0.173 e. The molecular formula is C44H55N4+. The van der Waals surface area contributed by atoms with Crippen molar-refractivity contribution in [3.63, 3.8) is 0 Å². The van der Waals surface area contributed by atoms with Gasteiger partial charge in [-0.1, -0.05) is 133 Å². The zero-order valence-corrected chi connectivity index (χ0v) is 29.2. The van der Waals surface area contributed by atoms with Crippen LogP contribution in [0.5, 0.6) is 0 Å². The van der Waals surface area contributed by atoms with Crippen LogP contribution in [0.15, 0.2) is 110 Å². The van der Waals surface area contributed by atoms with Crippen LogP contribution in [0.2, 0.25) is 0 Å². The average Bonchev–Trinajstić information content (AvgIpc) is 3.15. The minimum absolute atomic E-state index is 0.845. The van der Waals surface area contributed by atoms with Gasteiger partial charge in [0.05, 0.1) is 22.8 Å². The van der Waals surface area contributed by atoms with Crippen molar-refractivity contribution in [1.29, 1.82) is 0 Å². The van der Waals surface area contributed by atoms with Crippen molar-refractivity contribution in [2.75, 3.05) is 0 Å². The van der Waals surface area contributed by atoms with Crippen LogP contribution in [0.4, 0.5) is 0 Å². The third-order valence-corrected chi connectivity index (χ3v) is 9.36. The Morgan fingerprint density at radius 1 is 0.458 bits per heavy atom. The Morgan fingerprint density at radius 2 is 0.958 bits per heavy atom. The summed E-state index contributed by atoms with van der Waals surface area (Å²) in [6, 6.07) is 29.6. The molecule has 4 aromatic heterocycles. The van der Waals surface area contributed by atoms with E-state index in [0.29, 0.717) is 0 Å². The lowest BCUT2D eigenvalue weighted by molar-refractivity contribution is -0.688. The van der Waals surface area contributed by atoms with Gasteiger partial charge in [0.15, 0.2) is 18.9 Å². The van der Waals surface area contributed by atoms with Crippen LogP contribution in [-0.2, 0) is 13.0 Å². The summed E-state index contributed by atoms with van der Waals surface area (Å²) in [6.45, 7) is 3.15. The number of hydrogen-bond donors (Lipinski definition) is 0. The molecule has 0 spiro atoms. The number of aromatic nitrogens is 4. The first-order valence-corrected chi connectivity index (χ1v) is 18.7. The molecule has 0 amide bonds. The highest BCUT2D eigenvalue weighted by molar-refractivity contribution is 5.74. The lowest BCUT2D eigenvalue weighted by atomic mass is 10.0. The summed E-state index contributed by atoms with van der Waals surface area (Å²) >= 11 is 0. The second kappa shape index (κ2) is 20.2. The van der Waals surface area contributed by atoms with Crippen LogP contribution in [0.1, 0.15) is 114 Å². The van der Waals surface area contributed by atoms with Gasteiger partial charge in [-0.25, -0.2) is 9.55 Å². The zero-order valence-electron chi connectivity index (χ0n) is 29.2. The Balaban J connectivity index is 1.03. The van der Waals surface area contributed by atoms with Crippen LogP contribution in [0.25, 0.3) is 33.9 Å². The Hall–Kier alpha value is -4.18. The average molecular weight is 640 g/mol. The number of unbranched alkanes of at least 4 members (excludes halogenated alkanes) is 14. The number of pyridine rings is 4. The van der Waals surface area contributed by atoms with E-state index >= 15 is 0 Å². The van der Waals surface area contributed by atoms with Crippen LogP contribution < -0.4 is 4.57 Å². The Morgan fingerprint density at radius 3 is 1.44 bits per heavy atom. The minimum Gasteiger partial charge on any atom is -0.255 e. The molecule has 0 aliphatic heterocycles. The second-order valence-corrected chi connectivity index (χ2v) is 13.3. The molecule has 5 rings (SSSR count). The molecule has 0 atom stereocenters. The van der Waals surface area contributed by atoms with Gasteiger partial charge in [0.2, 0.25) is 0 Å². The van der Waals surface area contributed by atoms with Crippen molar-refractivity contribution in [1.82, 2.24) is 15.0 Å². The maximum atomic E-state index is 4.91. The summed E-state index contributed by atoms with van der Waals surface area (Å²) in [6.07, 6.45) is 30.4. The monoisotopic (exact) mass is 639 g/mol. The van der Waals surface area contributed by atoms with E-state index < -0.39 is 0 Å². The van der Waals surface area contributed by atoms with E-state index in [9.17, 15) is 0 Å². The molecule has 4 heterocycles. The van der Waals surface area contributed by atoms with Crippen LogP contribution in [-0.4, -0.2) is 15.0 Å². The number of nitrogens with zero attached hydrogens (tertiary/aromatic N) is 4. The van der Waals surface area contributed by atoms with Crippen LogP contribution in [0.3, 0.4) is 0 Å². The van der Waals surface area contributed by atoms with Crippen LogP contribution >= 0.6 is 0 Å². The molecule has 250 valence electrons. The normalized spacial score (nSPS) is 11.2. The summed E-state index contributed by atoms with van der Waals surface area (Å²) in [5.74, 6) is 0. The van der Waals surface area contributed by atoms with E-state index in [1.165, 1.54) is 114 Å². The Kier molecular flexibility index (Phi) is 14.8. The maximum absolute atomic E-state index is 4.91. The minimum atomic E-state index is 0.845. The SMILES string of the molecule is CCCCCCCCCCCCCCCCCc1cc[n+](Cc2ccc(-c3cc(-c4ccccn4)nc(-c4ccccn4)c3)cc2)cc1. The topological polar surface area (TPSA) is 42.5 Å². The van der Waals surface area contributed by atoms with Gasteiger partial charge >= 0.3 is 0 Å². The van der Waals surface area contributed by atoms with E-state index in [0.717, 1.165) is 40.4 Å². The molecule has 5 aromatic rings. The summed E-state index contributed by atoms with van der Waals surface area (Å²) in [5.41, 5.74) is 8.38. The number of rotatable bonds is 21. The van der Waals surface area contributed by atoms with Gasteiger partial charge in [-0.2, -0.15) is 0 Å². The van der Waals surface area contributed by atoms with Gasteiger partial charge in [0, 0.05) is 30.1 Å². The highest BCUT2D eigenvalue weighted by Crippen LogP contribution is 2.29.